The molecule has 6 heteroatoms. The molecule has 0 atom stereocenters. The van der Waals surface area contributed by atoms with Gasteiger partial charge in [-0.05, 0) is 29.8 Å². The average Bonchev–Trinajstić information content (AvgIpc) is 2.32. The van der Waals surface area contributed by atoms with Crippen LogP contribution in [0.5, 0.6) is 0 Å². The second kappa shape index (κ2) is 5.97. The molecule has 2 rings (SSSR count). The molecule has 0 amide bonds. The van der Waals surface area contributed by atoms with Crippen molar-refractivity contribution >= 4 is 33.3 Å². The zero-order valence-corrected chi connectivity index (χ0v) is 12.2. The summed E-state index contributed by atoms with van der Waals surface area (Å²) in [6.45, 7) is 0. The Morgan fingerprint density at radius 1 is 1.05 bits per heavy atom. The first-order chi connectivity index (χ1) is 9.38. The van der Waals surface area contributed by atoms with E-state index in [1.54, 1.807) is 0 Å². The van der Waals surface area contributed by atoms with Crippen LogP contribution in [0.1, 0.15) is 15.9 Å². The minimum Gasteiger partial charge on any atom is -0.294 e. The second-order valence-electron chi connectivity index (χ2n) is 4.09. The third kappa shape index (κ3) is 3.22. The van der Waals surface area contributed by atoms with Crippen LogP contribution >= 0.6 is 27.5 Å². The molecule has 0 unspecified atom stereocenters. The summed E-state index contributed by atoms with van der Waals surface area (Å²) < 4.78 is 40.7. The number of hydrogen-bond donors (Lipinski definition) is 0. The minimum absolute atomic E-state index is 0.0813. The number of hydrogen-bond acceptors (Lipinski definition) is 1. The van der Waals surface area contributed by atoms with Gasteiger partial charge in [-0.3, -0.25) is 4.79 Å². The molecule has 0 bridgehead atoms. The van der Waals surface area contributed by atoms with Gasteiger partial charge in [0.25, 0.3) is 0 Å². The largest absolute Gasteiger partial charge is 0.294 e. The van der Waals surface area contributed by atoms with E-state index >= 15 is 0 Å². The van der Waals surface area contributed by atoms with E-state index in [1.165, 1.54) is 12.1 Å². The SMILES string of the molecule is O=C(Cc1ccc(Cl)c(F)c1)c1c(F)cc(Br)cc1F. The van der Waals surface area contributed by atoms with E-state index in [0.717, 1.165) is 18.2 Å². The van der Waals surface area contributed by atoms with Crippen LogP contribution in [0, 0.1) is 17.5 Å². The number of benzene rings is 2. The number of ketones is 1. The van der Waals surface area contributed by atoms with Crippen LogP contribution in [0.15, 0.2) is 34.8 Å². The van der Waals surface area contributed by atoms with Crippen molar-refractivity contribution in [3.8, 4) is 0 Å². The van der Waals surface area contributed by atoms with Crippen molar-refractivity contribution in [2.45, 2.75) is 6.42 Å². The van der Waals surface area contributed by atoms with Gasteiger partial charge in [-0.25, -0.2) is 13.2 Å². The van der Waals surface area contributed by atoms with E-state index in [4.69, 9.17) is 11.6 Å². The third-order valence-electron chi connectivity index (χ3n) is 2.63. The van der Waals surface area contributed by atoms with Gasteiger partial charge in [0.15, 0.2) is 5.78 Å². The molecule has 2 aromatic carbocycles. The molecule has 0 saturated carbocycles. The first kappa shape index (κ1) is 15.1. The molecular weight excluding hydrogens is 357 g/mol. The van der Waals surface area contributed by atoms with Gasteiger partial charge in [0, 0.05) is 10.9 Å². The molecular formula is C14H7BrClF3O. The molecule has 20 heavy (non-hydrogen) atoms. The summed E-state index contributed by atoms with van der Waals surface area (Å²) in [5.74, 6) is -3.38. The highest BCUT2D eigenvalue weighted by Gasteiger charge is 2.19. The fraction of sp³-hybridized carbons (Fsp3) is 0.0714. The summed E-state index contributed by atoms with van der Waals surface area (Å²) in [5.41, 5.74) is -0.345. The molecule has 0 saturated heterocycles. The monoisotopic (exact) mass is 362 g/mol. The molecule has 0 spiro atoms. The molecule has 2 aromatic rings. The highest BCUT2D eigenvalue weighted by molar-refractivity contribution is 9.10. The maximum absolute atomic E-state index is 13.6. The molecule has 0 aliphatic heterocycles. The molecule has 0 N–H and O–H groups in total. The Morgan fingerprint density at radius 2 is 1.65 bits per heavy atom. The van der Waals surface area contributed by atoms with Crippen LogP contribution in [0.25, 0.3) is 0 Å². The molecule has 0 aliphatic rings. The van der Waals surface area contributed by atoms with Gasteiger partial charge in [-0.15, -0.1) is 0 Å². The van der Waals surface area contributed by atoms with Crippen LogP contribution in [0.4, 0.5) is 13.2 Å². The zero-order valence-electron chi connectivity index (χ0n) is 9.89. The van der Waals surface area contributed by atoms with Crippen molar-refractivity contribution < 1.29 is 18.0 Å². The summed E-state index contributed by atoms with van der Waals surface area (Å²) in [6, 6.07) is 5.78. The Bertz CT molecular complexity index is 665. The molecule has 0 heterocycles. The highest BCUT2D eigenvalue weighted by Crippen LogP contribution is 2.22. The van der Waals surface area contributed by atoms with Crippen LogP contribution in [0.2, 0.25) is 5.02 Å². The predicted molar refractivity (Wildman–Crippen MR) is 73.5 cm³/mol. The molecule has 0 fully saturated rings. The highest BCUT2D eigenvalue weighted by atomic mass is 79.9. The van der Waals surface area contributed by atoms with Gasteiger partial charge in [-0.1, -0.05) is 33.6 Å². The maximum Gasteiger partial charge on any atom is 0.173 e. The van der Waals surface area contributed by atoms with E-state index in [0.29, 0.717) is 5.56 Å². The lowest BCUT2D eigenvalue weighted by Gasteiger charge is -2.06. The topological polar surface area (TPSA) is 17.1 Å². The Labute approximate surface area is 126 Å². The second-order valence-corrected chi connectivity index (χ2v) is 5.42. The quantitative estimate of drug-likeness (QED) is 0.706. The van der Waals surface area contributed by atoms with Gasteiger partial charge in [0.2, 0.25) is 0 Å². The lowest BCUT2D eigenvalue weighted by Crippen LogP contribution is -2.09. The third-order valence-corrected chi connectivity index (χ3v) is 3.40. The number of Topliss-reactive ketones (excluding diaryl/α,β-unsaturated/α-hetero) is 1. The Hall–Kier alpha value is -1.33. The summed E-state index contributed by atoms with van der Waals surface area (Å²) in [4.78, 5) is 11.9. The van der Waals surface area contributed by atoms with Crippen molar-refractivity contribution in [3.05, 3.63) is 68.4 Å². The first-order valence-electron chi connectivity index (χ1n) is 5.50. The van der Waals surface area contributed by atoms with Crippen molar-refractivity contribution in [2.75, 3.05) is 0 Å². The van der Waals surface area contributed by atoms with Crippen molar-refractivity contribution in [1.29, 1.82) is 0 Å². The number of rotatable bonds is 3. The standard InChI is InChI=1S/C14H7BrClF3O/c15-8-5-11(18)14(12(19)6-8)13(20)4-7-1-2-9(16)10(17)3-7/h1-3,5-6H,4H2. The van der Waals surface area contributed by atoms with Gasteiger partial charge in [-0.2, -0.15) is 0 Å². The number of carbonyl (C=O) groups is 1. The van der Waals surface area contributed by atoms with E-state index in [2.05, 4.69) is 15.9 Å². The lowest BCUT2D eigenvalue weighted by molar-refractivity contribution is 0.0985. The predicted octanol–water partition coefficient (Wildman–Crippen LogP) is 4.95. The van der Waals surface area contributed by atoms with E-state index in [-0.39, 0.29) is 15.9 Å². The van der Waals surface area contributed by atoms with Gasteiger partial charge in [0.05, 0.1) is 10.6 Å². The molecule has 1 nitrogen and oxygen atoms in total. The van der Waals surface area contributed by atoms with E-state index in [9.17, 15) is 18.0 Å². The van der Waals surface area contributed by atoms with Crippen molar-refractivity contribution in [3.63, 3.8) is 0 Å². The summed E-state index contributed by atoms with van der Waals surface area (Å²) in [6.07, 6.45) is -0.316. The van der Waals surface area contributed by atoms with Gasteiger partial charge in [0.1, 0.15) is 17.5 Å². The zero-order chi connectivity index (χ0) is 14.9. The van der Waals surface area contributed by atoms with Crippen LogP contribution in [0.3, 0.4) is 0 Å². The Balaban J connectivity index is 2.31. The molecule has 0 radical (unpaired) electrons. The average molecular weight is 364 g/mol. The fourth-order valence-corrected chi connectivity index (χ4v) is 2.25. The lowest BCUT2D eigenvalue weighted by atomic mass is 10.0. The van der Waals surface area contributed by atoms with Crippen molar-refractivity contribution in [1.82, 2.24) is 0 Å². The maximum atomic E-state index is 13.6. The Kier molecular flexibility index (Phi) is 4.50. The normalized spacial score (nSPS) is 10.7. The van der Waals surface area contributed by atoms with Crippen LogP contribution < -0.4 is 0 Å². The summed E-state index contributed by atoms with van der Waals surface area (Å²) in [7, 11) is 0. The summed E-state index contributed by atoms with van der Waals surface area (Å²) in [5, 5.41) is -0.0813. The fourth-order valence-electron chi connectivity index (χ4n) is 1.73. The van der Waals surface area contributed by atoms with Crippen LogP contribution in [-0.4, -0.2) is 5.78 Å². The van der Waals surface area contributed by atoms with Gasteiger partial charge < -0.3 is 0 Å². The van der Waals surface area contributed by atoms with Crippen LogP contribution in [-0.2, 0) is 6.42 Å². The van der Waals surface area contributed by atoms with Crippen molar-refractivity contribution in [2.24, 2.45) is 0 Å². The summed E-state index contributed by atoms with van der Waals surface area (Å²) >= 11 is 8.44. The number of halogens is 5. The molecule has 104 valence electrons. The number of carbonyl (C=O) groups excluding carboxylic acids is 1. The first-order valence-corrected chi connectivity index (χ1v) is 6.67. The molecule has 0 aromatic heterocycles. The van der Waals surface area contributed by atoms with E-state index < -0.39 is 28.8 Å². The van der Waals surface area contributed by atoms with Gasteiger partial charge >= 0.3 is 0 Å². The Morgan fingerprint density at radius 3 is 2.20 bits per heavy atom. The minimum atomic E-state index is -0.962. The van der Waals surface area contributed by atoms with E-state index in [1.807, 2.05) is 0 Å². The molecule has 0 aliphatic carbocycles. The smallest absolute Gasteiger partial charge is 0.173 e.